The molecule has 11 heteroatoms. The smallest absolute Gasteiger partial charge is 0.303 e. The van der Waals surface area contributed by atoms with E-state index < -0.39 is 35.0 Å². The number of likely N-dealkylation sites (tertiary alicyclic amines) is 1. The number of benzene rings is 2. The van der Waals surface area contributed by atoms with Gasteiger partial charge in [0.05, 0.1) is 31.3 Å². The summed E-state index contributed by atoms with van der Waals surface area (Å²) in [7, 11) is 1.51. The number of ether oxygens (including phenoxy) is 1. The van der Waals surface area contributed by atoms with Crippen molar-refractivity contribution in [1.29, 1.82) is 0 Å². The molecule has 0 radical (unpaired) electrons. The Kier molecular flexibility index (Phi) is 9.47. The molecule has 0 amide bonds. The van der Waals surface area contributed by atoms with Gasteiger partial charge in [-0.3, -0.25) is 9.78 Å². The number of rotatable bonds is 12. The fourth-order valence-corrected chi connectivity index (χ4v) is 5.55. The van der Waals surface area contributed by atoms with Crippen LogP contribution in [0.25, 0.3) is 10.9 Å². The van der Waals surface area contributed by atoms with Crippen LogP contribution in [-0.2, 0) is 11.4 Å². The molecule has 0 spiro atoms. The molecule has 1 aromatic heterocycles. The number of piperidine rings is 1. The highest BCUT2D eigenvalue weighted by atomic mass is 19.2. The number of nitrogens with one attached hydrogen (secondary N) is 1. The fourth-order valence-electron chi connectivity index (χ4n) is 5.55. The van der Waals surface area contributed by atoms with Gasteiger partial charge in [-0.15, -0.1) is 0 Å². The molecule has 4 rings (SSSR count). The van der Waals surface area contributed by atoms with E-state index in [1.54, 1.807) is 18.2 Å². The molecule has 1 atom stereocenters. The monoisotopic (exact) mass is 563 g/mol. The number of hydrogen-bond acceptors (Lipinski definition) is 6. The summed E-state index contributed by atoms with van der Waals surface area (Å²) in [5, 5.41) is 22.8. The first-order chi connectivity index (χ1) is 19.1. The lowest BCUT2D eigenvalue weighted by molar-refractivity contribution is -0.141. The third kappa shape index (κ3) is 6.82. The SMILES string of the molecule is COc1ccc2ncc(CO)c([C@H](F)CCC3(CC(=O)O)CCN(CCNc4cc(F)cc(F)c4F)CC3)c2c1. The molecule has 40 heavy (non-hydrogen) atoms. The third-order valence-corrected chi connectivity index (χ3v) is 7.79. The Labute approximate surface area is 229 Å². The normalized spacial score (nSPS) is 16.1. The number of nitrogens with zero attached hydrogens (tertiary/aromatic N) is 2. The molecule has 2 heterocycles. The quantitative estimate of drug-likeness (QED) is 0.195. The summed E-state index contributed by atoms with van der Waals surface area (Å²) in [5.41, 5.74) is 0.405. The maximum absolute atomic E-state index is 15.9. The molecular formula is C29H33F4N3O4. The van der Waals surface area contributed by atoms with Gasteiger partial charge in [-0.1, -0.05) is 0 Å². The van der Waals surface area contributed by atoms with Crippen LogP contribution in [0.1, 0.15) is 49.4 Å². The van der Waals surface area contributed by atoms with Gasteiger partial charge >= 0.3 is 5.97 Å². The van der Waals surface area contributed by atoms with E-state index in [9.17, 15) is 28.2 Å². The number of anilines is 1. The van der Waals surface area contributed by atoms with Crippen LogP contribution in [-0.4, -0.2) is 59.4 Å². The first-order valence-electron chi connectivity index (χ1n) is 13.2. The minimum absolute atomic E-state index is 0.0720. The van der Waals surface area contributed by atoms with E-state index in [4.69, 9.17) is 4.74 Å². The zero-order chi connectivity index (χ0) is 28.9. The maximum Gasteiger partial charge on any atom is 0.303 e. The number of pyridine rings is 1. The van der Waals surface area contributed by atoms with E-state index in [0.717, 1.165) is 6.07 Å². The molecule has 1 aliphatic heterocycles. The van der Waals surface area contributed by atoms with Gasteiger partial charge in [-0.25, -0.2) is 17.6 Å². The van der Waals surface area contributed by atoms with Crippen LogP contribution < -0.4 is 10.1 Å². The van der Waals surface area contributed by atoms with Gasteiger partial charge < -0.3 is 25.2 Å². The van der Waals surface area contributed by atoms with E-state index in [1.165, 1.54) is 13.3 Å². The van der Waals surface area contributed by atoms with Crippen molar-refractivity contribution in [2.24, 2.45) is 5.41 Å². The highest BCUT2D eigenvalue weighted by Crippen LogP contribution is 2.43. The third-order valence-electron chi connectivity index (χ3n) is 7.79. The molecule has 216 valence electrons. The molecule has 0 saturated carbocycles. The lowest BCUT2D eigenvalue weighted by Crippen LogP contribution is -2.43. The average Bonchev–Trinajstić information content (AvgIpc) is 2.94. The van der Waals surface area contributed by atoms with Crippen LogP contribution in [0.15, 0.2) is 36.5 Å². The van der Waals surface area contributed by atoms with Gasteiger partial charge in [0.2, 0.25) is 0 Å². The van der Waals surface area contributed by atoms with Crippen molar-refractivity contribution >= 4 is 22.6 Å². The van der Waals surface area contributed by atoms with E-state index >= 15 is 4.39 Å². The van der Waals surface area contributed by atoms with Crippen LogP contribution in [0.3, 0.4) is 0 Å². The highest BCUT2D eigenvalue weighted by Gasteiger charge is 2.37. The standard InChI is InChI=1S/C29H33F4N3O4/c1-40-20-2-3-24-21(14-20)27(18(17-37)16-35-24)22(31)4-5-29(15-26(38)39)6-9-36(10-7-29)11-8-34-25-13-19(30)12-23(32)28(25)33/h2-3,12-14,16,22,34,37H,4-11,15,17H2,1H3,(H,38,39)/t22-/m1/s1. The number of hydrogen-bond donors (Lipinski definition) is 3. The molecule has 1 fully saturated rings. The van der Waals surface area contributed by atoms with Gasteiger partial charge in [0.25, 0.3) is 0 Å². The van der Waals surface area contributed by atoms with Gasteiger partial charge in [-0.05, 0) is 62.4 Å². The van der Waals surface area contributed by atoms with Crippen molar-refractivity contribution in [2.45, 2.75) is 44.9 Å². The molecule has 0 unspecified atom stereocenters. The number of carbonyl (C=O) groups is 1. The molecular weight excluding hydrogens is 530 g/mol. The number of alkyl halides is 1. The molecule has 3 N–H and O–H groups in total. The Morgan fingerprint density at radius 3 is 2.62 bits per heavy atom. The zero-order valence-electron chi connectivity index (χ0n) is 22.2. The lowest BCUT2D eigenvalue weighted by Gasteiger charge is -2.41. The van der Waals surface area contributed by atoms with E-state index in [0.29, 0.717) is 72.7 Å². The Bertz CT molecular complexity index is 1340. The van der Waals surface area contributed by atoms with Crippen LogP contribution >= 0.6 is 0 Å². The number of halogens is 4. The van der Waals surface area contributed by atoms with Crippen molar-refractivity contribution in [3.05, 3.63) is 65.1 Å². The topological polar surface area (TPSA) is 94.9 Å². The summed E-state index contributed by atoms with van der Waals surface area (Å²) in [6, 6.07) is 6.51. The van der Waals surface area contributed by atoms with Crippen LogP contribution in [0, 0.1) is 22.9 Å². The second-order valence-corrected chi connectivity index (χ2v) is 10.3. The second-order valence-electron chi connectivity index (χ2n) is 10.3. The summed E-state index contributed by atoms with van der Waals surface area (Å²) >= 11 is 0. The summed E-state index contributed by atoms with van der Waals surface area (Å²) in [6.45, 7) is 1.40. The van der Waals surface area contributed by atoms with Crippen molar-refractivity contribution in [2.75, 3.05) is 38.6 Å². The minimum atomic E-state index is -1.45. The number of carboxylic acids is 1. The zero-order valence-corrected chi connectivity index (χ0v) is 22.2. The maximum atomic E-state index is 15.9. The number of aliphatic hydroxyl groups excluding tert-OH is 1. The highest BCUT2D eigenvalue weighted by molar-refractivity contribution is 5.85. The molecule has 0 bridgehead atoms. The van der Waals surface area contributed by atoms with Gasteiger partial charge in [0.1, 0.15) is 17.7 Å². The molecule has 7 nitrogen and oxygen atoms in total. The van der Waals surface area contributed by atoms with Crippen molar-refractivity contribution < 1.29 is 37.3 Å². The van der Waals surface area contributed by atoms with Gasteiger partial charge in [-0.2, -0.15) is 0 Å². The minimum Gasteiger partial charge on any atom is -0.497 e. The Morgan fingerprint density at radius 1 is 1.20 bits per heavy atom. The summed E-state index contributed by atoms with van der Waals surface area (Å²) in [6.07, 6.45) is 1.35. The number of carboxylic acid groups (broad SMARTS) is 1. The largest absolute Gasteiger partial charge is 0.497 e. The number of aliphatic hydroxyl groups is 1. The van der Waals surface area contributed by atoms with Gasteiger partial charge in [0.15, 0.2) is 11.6 Å². The average molecular weight is 564 g/mol. The molecule has 0 aliphatic carbocycles. The van der Waals surface area contributed by atoms with Crippen LogP contribution in [0.2, 0.25) is 0 Å². The predicted molar refractivity (Wildman–Crippen MR) is 142 cm³/mol. The number of methoxy groups -OCH3 is 1. The Hall–Kier alpha value is -3.44. The predicted octanol–water partition coefficient (Wildman–Crippen LogP) is 5.61. The molecule has 1 aliphatic rings. The number of fused-ring (bicyclic) bond motifs is 1. The summed E-state index contributed by atoms with van der Waals surface area (Å²) < 4.78 is 61.9. The van der Waals surface area contributed by atoms with Crippen molar-refractivity contribution in [1.82, 2.24) is 9.88 Å². The molecule has 3 aromatic rings. The Balaban J connectivity index is 1.41. The Morgan fingerprint density at radius 2 is 1.95 bits per heavy atom. The number of aliphatic carboxylic acids is 1. The first kappa shape index (κ1) is 29.5. The van der Waals surface area contributed by atoms with Gasteiger partial charge in [0, 0.05) is 47.9 Å². The fraction of sp³-hybridized carbons (Fsp3) is 0.448. The van der Waals surface area contributed by atoms with E-state index in [1.807, 2.05) is 0 Å². The van der Waals surface area contributed by atoms with Crippen molar-refractivity contribution in [3.63, 3.8) is 0 Å². The second kappa shape index (κ2) is 12.8. The van der Waals surface area contributed by atoms with Crippen LogP contribution in [0.4, 0.5) is 23.2 Å². The summed E-state index contributed by atoms with van der Waals surface area (Å²) in [5.74, 6) is -3.72. The molecule has 1 saturated heterocycles. The van der Waals surface area contributed by atoms with Crippen LogP contribution in [0.5, 0.6) is 5.75 Å². The first-order valence-corrected chi connectivity index (χ1v) is 13.2. The van der Waals surface area contributed by atoms with Crippen molar-refractivity contribution in [3.8, 4) is 5.75 Å². The van der Waals surface area contributed by atoms with E-state index in [2.05, 4.69) is 15.2 Å². The number of aromatic nitrogens is 1. The van der Waals surface area contributed by atoms with E-state index in [-0.39, 0.29) is 31.7 Å². The lowest BCUT2D eigenvalue weighted by atomic mass is 9.71. The summed E-state index contributed by atoms with van der Waals surface area (Å²) in [4.78, 5) is 18.1. The molecule has 2 aromatic carbocycles.